The molecular weight excluding hydrogens is 337 g/mol. The highest BCUT2D eigenvalue weighted by Gasteiger charge is 2.20. The molecule has 0 radical (unpaired) electrons. The molecule has 0 unspecified atom stereocenters. The van der Waals surface area contributed by atoms with Crippen LogP contribution in [0, 0.1) is 0 Å². The first-order chi connectivity index (χ1) is 10.3. The van der Waals surface area contributed by atoms with Gasteiger partial charge in [-0.1, -0.05) is 6.42 Å². The van der Waals surface area contributed by atoms with Crippen molar-refractivity contribution in [1.82, 2.24) is 20.1 Å². The SMILES string of the molecule is Cl.Cl.O=C(Nc1cnn(Cc2ccncc2)c1)[C@H]1CCCCN1. The van der Waals surface area contributed by atoms with Gasteiger partial charge in [0.25, 0.3) is 0 Å². The normalized spacial score (nSPS) is 16.8. The number of pyridine rings is 1. The highest BCUT2D eigenvalue weighted by molar-refractivity contribution is 5.94. The lowest BCUT2D eigenvalue weighted by Crippen LogP contribution is -2.43. The fourth-order valence-electron chi connectivity index (χ4n) is 2.49. The van der Waals surface area contributed by atoms with Crippen LogP contribution >= 0.6 is 24.8 Å². The Morgan fingerprint density at radius 3 is 2.78 bits per heavy atom. The topological polar surface area (TPSA) is 71.8 Å². The number of rotatable bonds is 4. The summed E-state index contributed by atoms with van der Waals surface area (Å²) in [6.45, 7) is 1.58. The highest BCUT2D eigenvalue weighted by Crippen LogP contribution is 2.11. The van der Waals surface area contributed by atoms with E-state index in [1.807, 2.05) is 18.3 Å². The van der Waals surface area contributed by atoms with E-state index in [4.69, 9.17) is 0 Å². The molecule has 0 saturated carbocycles. The molecule has 1 atom stereocenters. The van der Waals surface area contributed by atoms with Gasteiger partial charge in [0, 0.05) is 18.6 Å². The number of carbonyl (C=O) groups excluding carboxylic acids is 1. The zero-order chi connectivity index (χ0) is 14.5. The predicted octanol–water partition coefficient (Wildman–Crippen LogP) is 2.25. The lowest BCUT2D eigenvalue weighted by molar-refractivity contribution is -0.118. The van der Waals surface area contributed by atoms with Crippen LogP contribution in [-0.4, -0.2) is 33.3 Å². The lowest BCUT2D eigenvalue weighted by Gasteiger charge is -2.22. The number of aromatic nitrogens is 3. The third-order valence-electron chi connectivity index (χ3n) is 3.62. The van der Waals surface area contributed by atoms with Crippen LogP contribution in [0.15, 0.2) is 36.9 Å². The number of nitrogens with one attached hydrogen (secondary N) is 2. The van der Waals surface area contributed by atoms with Crippen molar-refractivity contribution in [2.75, 3.05) is 11.9 Å². The molecule has 0 aromatic carbocycles. The van der Waals surface area contributed by atoms with Crippen LogP contribution in [0.25, 0.3) is 0 Å². The standard InChI is InChI=1S/C15H19N5O.2ClH/c21-15(14-3-1-2-6-17-14)19-13-9-18-20(11-13)10-12-4-7-16-8-5-12;;/h4-5,7-9,11,14,17H,1-3,6,10H2,(H,19,21);2*1H/t14-;;/m1../s1. The van der Waals surface area contributed by atoms with Crippen LogP contribution in [0.4, 0.5) is 5.69 Å². The summed E-state index contributed by atoms with van der Waals surface area (Å²) >= 11 is 0. The number of carbonyl (C=O) groups is 1. The number of nitrogens with zero attached hydrogens (tertiary/aromatic N) is 3. The van der Waals surface area contributed by atoms with Crippen molar-refractivity contribution in [2.45, 2.75) is 31.8 Å². The lowest BCUT2D eigenvalue weighted by atomic mass is 10.0. The molecule has 1 aliphatic heterocycles. The van der Waals surface area contributed by atoms with E-state index >= 15 is 0 Å². The molecule has 126 valence electrons. The number of hydrogen-bond acceptors (Lipinski definition) is 4. The molecule has 8 heteroatoms. The molecule has 0 aliphatic carbocycles. The summed E-state index contributed by atoms with van der Waals surface area (Å²) in [6.07, 6.45) is 10.2. The predicted molar refractivity (Wildman–Crippen MR) is 94.3 cm³/mol. The van der Waals surface area contributed by atoms with Gasteiger partial charge in [-0.3, -0.25) is 14.5 Å². The first kappa shape index (κ1) is 19.4. The number of amides is 1. The summed E-state index contributed by atoms with van der Waals surface area (Å²) in [7, 11) is 0. The Hall–Kier alpha value is -1.63. The van der Waals surface area contributed by atoms with Gasteiger partial charge in [0.05, 0.1) is 24.5 Å². The van der Waals surface area contributed by atoms with E-state index in [2.05, 4.69) is 20.7 Å². The molecule has 0 bridgehead atoms. The summed E-state index contributed by atoms with van der Waals surface area (Å²) in [5, 5.41) is 10.4. The Morgan fingerprint density at radius 2 is 2.09 bits per heavy atom. The van der Waals surface area contributed by atoms with Gasteiger partial charge in [-0.25, -0.2) is 0 Å². The molecular formula is C15H21Cl2N5O. The minimum Gasteiger partial charge on any atom is -0.322 e. The summed E-state index contributed by atoms with van der Waals surface area (Å²) in [4.78, 5) is 16.1. The van der Waals surface area contributed by atoms with E-state index in [1.54, 1.807) is 23.3 Å². The molecule has 1 saturated heterocycles. The largest absolute Gasteiger partial charge is 0.322 e. The molecule has 1 aliphatic rings. The van der Waals surface area contributed by atoms with E-state index in [0.29, 0.717) is 6.54 Å². The Morgan fingerprint density at radius 1 is 1.30 bits per heavy atom. The molecule has 2 aromatic rings. The molecule has 6 nitrogen and oxygen atoms in total. The number of halogens is 2. The maximum absolute atomic E-state index is 12.1. The van der Waals surface area contributed by atoms with Crippen LogP contribution in [0.3, 0.4) is 0 Å². The number of anilines is 1. The molecule has 1 fully saturated rings. The van der Waals surface area contributed by atoms with E-state index in [-0.39, 0.29) is 36.8 Å². The molecule has 0 spiro atoms. The molecule has 3 rings (SSSR count). The average Bonchev–Trinajstić information content (AvgIpc) is 2.96. The van der Waals surface area contributed by atoms with Gasteiger partial charge in [0.15, 0.2) is 0 Å². The van der Waals surface area contributed by atoms with Crippen LogP contribution in [0.5, 0.6) is 0 Å². The maximum Gasteiger partial charge on any atom is 0.241 e. The highest BCUT2D eigenvalue weighted by atomic mass is 35.5. The van der Waals surface area contributed by atoms with Gasteiger partial charge in [0.2, 0.25) is 5.91 Å². The van der Waals surface area contributed by atoms with Gasteiger partial charge in [-0.2, -0.15) is 5.10 Å². The summed E-state index contributed by atoms with van der Waals surface area (Å²) in [5.41, 5.74) is 1.86. The summed E-state index contributed by atoms with van der Waals surface area (Å²) in [6, 6.07) is 3.82. The molecule has 2 N–H and O–H groups in total. The van der Waals surface area contributed by atoms with Gasteiger partial charge in [-0.15, -0.1) is 24.8 Å². The molecule has 1 amide bonds. The quantitative estimate of drug-likeness (QED) is 0.880. The second-order valence-corrected chi connectivity index (χ2v) is 5.27. The Labute approximate surface area is 147 Å². The third-order valence-corrected chi connectivity index (χ3v) is 3.62. The first-order valence-electron chi connectivity index (χ1n) is 7.27. The fourth-order valence-corrected chi connectivity index (χ4v) is 2.49. The van der Waals surface area contributed by atoms with Crippen molar-refractivity contribution in [2.24, 2.45) is 0 Å². The van der Waals surface area contributed by atoms with E-state index in [0.717, 1.165) is 37.1 Å². The fraction of sp³-hybridized carbons (Fsp3) is 0.400. The van der Waals surface area contributed by atoms with Crippen LogP contribution in [-0.2, 0) is 11.3 Å². The van der Waals surface area contributed by atoms with Crippen molar-refractivity contribution in [3.8, 4) is 0 Å². The maximum atomic E-state index is 12.1. The Kier molecular flexibility index (Phi) is 8.02. The smallest absolute Gasteiger partial charge is 0.241 e. The Balaban J connectivity index is 0.00000132. The van der Waals surface area contributed by atoms with Crippen LogP contribution in [0.1, 0.15) is 24.8 Å². The minimum absolute atomic E-state index is 0. The first-order valence-corrected chi connectivity index (χ1v) is 7.27. The van der Waals surface area contributed by atoms with E-state index in [9.17, 15) is 4.79 Å². The summed E-state index contributed by atoms with van der Waals surface area (Å²) < 4.78 is 1.80. The van der Waals surface area contributed by atoms with E-state index < -0.39 is 0 Å². The second kappa shape index (κ2) is 9.50. The van der Waals surface area contributed by atoms with Crippen LogP contribution in [0.2, 0.25) is 0 Å². The van der Waals surface area contributed by atoms with Gasteiger partial charge in [0.1, 0.15) is 0 Å². The molecule has 23 heavy (non-hydrogen) atoms. The molecule has 3 heterocycles. The molecule has 2 aromatic heterocycles. The minimum atomic E-state index is -0.0812. The third kappa shape index (κ3) is 5.49. The zero-order valence-corrected chi connectivity index (χ0v) is 14.3. The van der Waals surface area contributed by atoms with Crippen molar-refractivity contribution >= 4 is 36.4 Å². The number of piperidine rings is 1. The van der Waals surface area contributed by atoms with Crippen LogP contribution < -0.4 is 10.6 Å². The van der Waals surface area contributed by atoms with E-state index in [1.165, 1.54) is 0 Å². The van der Waals surface area contributed by atoms with Crippen molar-refractivity contribution < 1.29 is 4.79 Å². The van der Waals surface area contributed by atoms with Crippen molar-refractivity contribution in [3.05, 3.63) is 42.5 Å². The summed E-state index contributed by atoms with van der Waals surface area (Å²) in [5.74, 6) is 0.0261. The van der Waals surface area contributed by atoms with Gasteiger partial charge < -0.3 is 10.6 Å². The zero-order valence-electron chi connectivity index (χ0n) is 12.6. The van der Waals surface area contributed by atoms with Crippen molar-refractivity contribution in [3.63, 3.8) is 0 Å². The average molecular weight is 358 g/mol. The number of hydrogen-bond donors (Lipinski definition) is 2. The van der Waals surface area contributed by atoms with Gasteiger partial charge in [-0.05, 0) is 37.1 Å². The second-order valence-electron chi connectivity index (χ2n) is 5.27. The Bertz CT molecular complexity index is 599. The van der Waals surface area contributed by atoms with Gasteiger partial charge >= 0.3 is 0 Å². The monoisotopic (exact) mass is 357 g/mol. The van der Waals surface area contributed by atoms with Crippen molar-refractivity contribution in [1.29, 1.82) is 0 Å².